The molecule has 0 rings (SSSR count). The van der Waals surface area contributed by atoms with E-state index in [0.29, 0.717) is 19.3 Å². The Morgan fingerprint density at radius 2 is 1.30 bits per heavy atom. The summed E-state index contributed by atoms with van der Waals surface area (Å²) in [6, 6.07) is 0. The number of ether oxygens (including phenoxy) is 2. The third-order valence-electron chi connectivity index (χ3n) is 6.78. The van der Waals surface area contributed by atoms with E-state index >= 15 is 0 Å². The van der Waals surface area contributed by atoms with Crippen LogP contribution in [0.2, 0.25) is 0 Å². The van der Waals surface area contributed by atoms with Gasteiger partial charge in [0.25, 0.3) is 0 Å². The van der Waals surface area contributed by atoms with Crippen LogP contribution in [0.4, 0.5) is 0 Å². The Morgan fingerprint density at radius 1 is 0.721 bits per heavy atom. The highest BCUT2D eigenvalue weighted by Crippen LogP contribution is 2.35. The molecular formula is C33H59O9P. The number of carbonyl (C=O) groups is 2. The minimum Gasteiger partial charge on any atom is -0.462 e. The van der Waals surface area contributed by atoms with Crippen molar-refractivity contribution in [1.82, 2.24) is 0 Å². The van der Waals surface area contributed by atoms with Gasteiger partial charge in [0.2, 0.25) is 0 Å². The lowest BCUT2D eigenvalue weighted by atomic mass is 10.1. The van der Waals surface area contributed by atoms with E-state index in [2.05, 4.69) is 30.5 Å². The first kappa shape index (κ1) is 41.2. The first-order valence-corrected chi connectivity index (χ1v) is 17.9. The molecule has 0 saturated carbocycles. The summed E-state index contributed by atoms with van der Waals surface area (Å²) < 4.78 is 26.1. The smallest absolute Gasteiger partial charge is 0.462 e. The molecule has 0 saturated heterocycles. The molecule has 1 unspecified atom stereocenters. The lowest BCUT2D eigenvalue weighted by Gasteiger charge is -2.18. The second kappa shape index (κ2) is 29.0. The van der Waals surface area contributed by atoms with Crippen LogP contribution in [0.5, 0.6) is 0 Å². The number of unbranched alkanes of at least 4 members (excludes halogenated alkanes) is 12. The lowest BCUT2D eigenvalue weighted by molar-refractivity contribution is -0.161. The quantitative estimate of drug-likeness (QED) is 0.0246. The Kier molecular flexibility index (Phi) is 27.8. The highest BCUT2D eigenvalue weighted by Gasteiger charge is 2.22. The first-order valence-electron chi connectivity index (χ1n) is 16.4. The molecule has 0 heterocycles. The minimum atomic E-state index is -4.76. The fourth-order valence-corrected chi connectivity index (χ4v) is 4.68. The van der Waals surface area contributed by atoms with Gasteiger partial charge in [-0.15, -0.1) is 0 Å². The van der Waals surface area contributed by atoms with Gasteiger partial charge in [-0.1, -0.05) is 127 Å². The van der Waals surface area contributed by atoms with Gasteiger partial charge in [0.05, 0.1) is 12.7 Å². The van der Waals surface area contributed by atoms with E-state index in [1.54, 1.807) is 6.08 Å². The maximum absolute atomic E-state index is 12.2. The summed E-state index contributed by atoms with van der Waals surface area (Å²) in [5, 5.41) is 10.0. The monoisotopic (exact) mass is 630 g/mol. The SMILES string of the molecule is CC/C=C/C/C=C/C=C/C(O)CCCCCCCC(=O)OC[C@H](COP(=O)(O)O)OC(=O)CCCCCCCCCCC. The average Bonchev–Trinajstić information content (AvgIpc) is 2.96. The standard InChI is InChI=1S/C33H59O9P/c1-3-5-7-9-11-12-14-18-23-27-33(36)42-31(29-41-43(37,38)39)28-40-32(35)26-22-19-15-17-21-25-30(34)24-20-16-13-10-8-6-4-2/h6,8,13,16,20,24,30-31,34H,3-5,7,9-12,14-15,17-19,21-23,25-29H2,1-2H3,(H2,37,38,39)/b8-6+,16-13+,24-20+/t30?,31-/m1/s1. The number of phosphoric ester groups is 1. The van der Waals surface area contributed by atoms with E-state index in [-0.39, 0.29) is 19.4 Å². The predicted molar refractivity (Wildman–Crippen MR) is 171 cm³/mol. The van der Waals surface area contributed by atoms with E-state index in [1.165, 1.54) is 32.1 Å². The summed E-state index contributed by atoms with van der Waals surface area (Å²) in [4.78, 5) is 42.4. The van der Waals surface area contributed by atoms with Crippen molar-refractivity contribution in [2.24, 2.45) is 0 Å². The Morgan fingerprint density at radius 3 is 1.91 bits per heavy atom. The molecular weight excluding hydrogens is 571 g/mol. The van der Waals surface area contributed by atoms with Crippen molar-refractivity contribution in [3.05, 3.63) is 36.5 Å². The number of phosphoric acid groups is 1. The molecule has 0 aromatic rings. The highest BCUT2D eigenvalue weighted by molar-refractivity contribution is 7.46. The van der Waals surface area contributed by atoms with Gasteiger partial charge in [-0.2, -0.15) is 0 Å². The number of carbonyl (C=O) groups excluding carboxylic acids is 2. The van der Waals surface area contributed by atoms with Gasteiger partial charge in [0, 0.05) is 12.8 Å². The summed E-state index contributed by atoms with van der Waals surface area (Å²) in [6.45, 7) is 3.41. The molecule has 0 aliphatic rings. The van der Waals surface area contributed by atoms with Crippen LogP contribution in [0.3, 0.4) is 0 Å². The fourth-order valence-electron chi connectivity index (χ4n) is 4.32. The summed E-state index contributed by atoms with van der Waals surface area (Å²) in [7, 11) is -4.76. The number of hydrogen-bond donors (Lipinski definition) is 3. The summed E-state index contributed by atoms with van der Waals surface area (Å²) in [5.74, 6) is -0.967. The van der Waals surface area contributed by atoms with Crippen LogP contribution in [0.25, 0.3) is 0 Å². The Labute approximate surface area is 260 Å². The van der Waals surface area contributed by atoms with Gasteiger partial charge in [-0.05, 0) is 32.1 Å². The molecule has 0 aliphatic heterocycles. The number of allylic oxidation sites excluding steroid dienone is 5. The van der Waals surface area contributed by atoms with Gasteiger partial charge in [0.15, 0.2) is 6.10 Å². The van der Waals surface area contributed by atoms with Gasteiger partial charge in [-0.3, -0.25) is 14.1 Å². The number of aliphatic hydroxyl groups is 1. The van der Waals surface area contributed by atoms with Crippen molar-refractivity contribution < 1.29 is 43.0 Å². The van der Waals surface area contributed by atoms with Crippen molar-refractivity contribution >= 4 is 19.8 Å². The second-order valence-electron chi connectivity index (χ2n) is 11.0. The highest BCUT2D eigenvalue weighted by atomic mass is 31.2. The van der Waals surface area contributed by atoms with Crippen LogP contribution in [0, 0.1) is 0 Å². The summed E-state index contributed by atoms with van der Waals surface area (Å²) >= 11 is 0. The number of rotatable bonds is 29. The zero-order chi connectivity index (χ0) is 32.0. The fraction of sp³-hybridized carbons (Fsp3) is 0.758. The second-order valence-corrected chi connectivity index (χ2v) is 12.2. The molecule has 0 aromatic carbocycles. The van der Waals surface area contributed by atoms with Gasteiger partial charge >= 0.3 is 19.8 Å². The Bertz CT molecular complexity index is 819. The maximum Gasteiger partial charge on any atom is 0.469 e. The summed E-state index contributed by atoms with van der Waals surface area (Å²) in [5.41, 5.74) is 0. The van der Waals surface area contributed by atoms with Crippen molar-refractivity contribution in [3.63, 3.8) is 0 Å². The zero-order valence-corrected chi connectivity index (χ0v) is 27.6. The van der Waals surface area contributed by atoms with Crippen molar-refractivity contribution in [2.45, 2.75) is 148 Å². The number of hydrogen-bond acceptors (Lipinski definition) is 7. The van der Waals surface area contributed by atoms with E-state index in [4.69, 9.17) is 19.3 Å². The normalized spacial score (nSPS) is 13.7. The molecule has 0 aliphatic carbocycles. The van der Waals surface area contributed by atoms with Crippen LogP contribution in [0.1, 0.15) is 136 Å². The van der Waals surface area contributed by atoms with Crippen molar-refractivity contribution in [3.8, 4) is 0 Å². The topological polar surface area (TPSA) is 140 Å². The zero-order valence-electron chi connectivity index (χ0n) is 26.7. The largest absolute Gasteiger partial charge is 0.469 e. The Balaban J connectivity index is 4.11. The van der Waals surface area contributed by atoms with Crippen LogP contribution in [-0.2, 0) is 28.2 Å². The average molecular weight is 631 g/mol. The predicted octanol–water partition coefficient (Wildman–Crippen LogP) is 8.03. The lowest BCUT2D eigenvalue weighted by Crippen LogP contribution is -2.29. The number of esters is 2. The maximum atomic E-state index is 12.2. The molecule has 0 aromatic heterocycles. The molecule has 250 valence electrons. The van der Waals surface area contributed by atoms with Crippen LogP contribution >= 0.6 is 7.82 Å². The van der Waals surface area contributed by atoms with Gasteiger partial charge in [-0.25, -0.2) is 4.57 Å². The van der Waals surface area contributed by atoms with E-state index in [9.17, 15) is 19.3 Å². The van der Waals surface area contributed by atoms with E-state index < -0.39 is 38.6 Å². The molecule has 0 radical (unpaired) electrons. The van der Waals surface area contributed by atoms with Crippen molar-refractivity contribution in [2.75, 3.05) is 13.2 Å². The van der Waals surface area contributed by atoms with E-state index in [1.807, 2.05) is 18.2 Å². The molecule has 9 nitrogen and oxygen atoms in total. The minimum absolute atomic E-state index is 0.192. The molecule has 2 atom stereocenters. The van der Waals surface area contributed by atoms with Gasteiger partial charge < -0.3 is 24.4 Å². The summed E-state index contributed by atoms with van der Waals surface area (Å²) in [6.07, 6.45) is 27.6. The third kappa shape index (κ3) is 31.5. The molecule has 0 spiro atoms. The molecule has 43 heavy (non-hydrogen) atoms. The molecule has 3 N–H and O–H groups in total. The molecule has 10 heteroatoms. The first-order chi connectivity index (χ1) is 20.7. The Hall–Kier alpha value is -1.77. The third-order valence-corrected chi connectivity index (χ3v) is 7.26. The van der Waals surface area contributed by atoms with Crippen molar-refractivity contribution in [1.29, 1.82) is 0 Å². The molecule has 0 fully saturated rings. The van der Waals surface area contributed by atoms with E-state index in [0.717, 1.165) is 57.8 Å². The molecule has 0 bridgehead atoms. The number of aliphatic hydroxyl groups excluding tert-OH is 1. The van der Waals surface area contributed by atoms with Gasteiger partial charge in [0.1, 0.15) is 6.61 Å². The van der Waals surface area contributed by atoms with Crippen LogP contribution in [-0.4, -0.2) is 52.3 Å². The van der Waals surface area contributed by atoms with Crippen LogP contribution in [0.15, 0.2) is 36.5 Å². The molecule has 0 amide bonds. The van der Waals surface area contributed by atoms with Crippen LogP contribution < -0.4 is 0 Å².